The molecule has 0 heterocycles. The van der Waals surface area contributed by atoms with Crippen molar-refractivity contribution in [1.29, 1.82) is 0 Å². The average Bonchev–Trinajstić information content (AvgIpc) is 3.10. The lowest BCUT2D eigenvalue weighted by Gasteiger charge is -2.20. The van der Waals surface area contributed by atoms with Crippen LogP contribution in [0.4, 0.5) is 5.69 Å². The van der Waals surface area contributed by atoms with Crippen molar-refractivity contribution in [2.45, 2.75) is 39.2 Å². The first-order chi connectivity index (χ1) is 8.85. The molecule has 0 radical (unpaired) electrons. The van der Waals surface area contributed by atoms with Crippen LogP contribution < -0.4 is 10.6 Å². The Kier molecular flexibility index (Phi) is 3.60. The number of anilines is 1. The maximum Gasteiger partial charge on any atom is 0.251 e. The Labute approximate surface area is 113 Å². The smallest absolute Gasteiger partial charge is 0.251 e. The van der Waals surface area contributed by atoms with Crippen LogP contribution in [0.15, 0.2) is 24.3 Å². The number of hydrogen-bond donors (Lipinski definition) is 2. The zero-order valence-corrected chi connectivity index (χ0v) is 11.6. The van der Waals surface area contributed by atoms with Crippen LogP contribution in [-0.2, 0) is 4.79 Å². The number of carbonyl (C=O) groups excluding carboxylic acids is 2. The third kappa shape index (κ3) is 4.09. The third-order valence-corrected chi connectivity index (χ3v) is 2.83. The summed E-state index contributed by atoms with van der Waals surface area (Å²) in [5, 5.41) is 5.74. The van der Waals surface area contributed by atoms with Crippen LogP contribution >= 0.6 is 0 Å². The Balaban J connectivity index is 2.05. The van der Waals surface area contributed by atoms with Crippen molar-refractivity contribution in [3.63, 3.8) is 0 Å². The van der Waals surface area contributed by atoms with Gasteiger partial charge in [-0.1, -0.05) is 6.07 Å². The number of benzene rings is 1. The molecule has 102 valence electrons. The summed E-state index contributed by atoms with van der Waals surface area (Å²) in [6.45, 7) is 5.80. The fraction of sp³-hybridized carbons (Fsp3) is 0.467. The van der Waals surface area contributed by atoms with Gasteiger partial charge in [-0.05, 0) is 51.8 Å². The zero-order valence-electron chi connectivity index (χ0n) is 11.6. The van der Waals surface area contributed by atoms with E-state index in [1.54, 1.807) is 24.3 Å². The number of rotatable bonds is 3. The summed E-state index contributed by atoms with van der Waals surface area (Å²) in [6.07, 6.45) is 1.94. The minimum atomic E-state index is -0.273. The Hall–Kier alpha value is -1.84. The summed E-state index contributed by atoms with van der Waals surface area (Å²) < 4.78 is 0. The minimum absolute atomic E-state index is 0.0494. The first-order valence-corrected chi connectivity index (χ1v) is 6.58. The molecule has 1 aromatic rings. The maximum atomic E-state index is 12.0. The van der Waals surface area contributed by atoms with Gasteiger partial charge in [-0.15, -0.1) is 0 Å². The number of amides is 2. The van der Waals surface area contributed by atoms with Crippen molar-refractivity contribution < 1.29 is 9.59 Å². The second kappa shape index (κ2) is 5.03. The number of carbonyl (C=O) groups is 2. The Morgan fingerprint density at radius 2 is 1.89 bits per heavy atom. The van der Waals surface area contributed by atoms with Crippen LogP contribution in [0, 0.1) is 5.92 Å². The van der Waals surface area contributed by atoms with Crippen LogP contribution in [0.25, 0.3) is 0 Å². The first-order valence-electron chi connectivity index (χ1n) is 6.58. The minimum Gasteiger partial charge on any atom is -0.347 e. The summed E-state index contributed by atoms with van der Waals surface area (Å²) in [5.41, 5.74) is 0.964. The molecule has 1 aliphatic rings. The summed E-state index contributed by atoms with van der Waals surface area (Å²) in [5.74, 6) is 0.0791. The summed E-state index contributed by atoms with van der Waals surface area (Å²) in [6, 6.07) is 7.03. The van der Waals surface area contributed by atoms with Gasteiger partial charge in [0.15, 0.2) is 0 Å². The van der Waals surface area contributed by atoms with E-state index in [1.165, 1.54) is 0 Å². The monoisotopic (exact) mass is 260 g/mol. The topological polar surface area (TPSA) is 58.2 Å². The Morgan fingerprint density at radius 3 is 2.47 bits per heavy atom. The highest BCUT2D eigenvalue weighted by Gasteiger charge is 2.29. The van der Waals surface area contributed by atoms with Crippen molar-refractivity contribution >= 4 is 17.5 Å². The molecule has 0 bridgehead atoms. The largest absolute Gasteiger partial charge is 0.347 e. The van der Waals surface area contributed by atoms with Crippen LogP contribution in [0.5, 0.6) is 0 Å². The summed E-state index contributed by atoms with van der Waals surface area (Å²) in [7, 11) is 0. The molecule has 1 aromatic carbocycles. The molecule has 1 fully saturated rings. The van der Waals surface area contributed by atoms with Crippen molar-refractivity contribution in [1.82, 2.24) is 5.32 Å². The molecule has 0 spiro atoms. The van der Waals surface area contributed by atoms with E-state index in [-0.39, 0.29) is 23.3 Å². The lowest BCUT2D eigenvalue weighted by molar-refractivity contribution is -0.117. The van der Waals surface area contributed by atoms with Crippen molar-refractivity contribution in [2.24, 2.45) is 5.92 Å². The van der Waals surface area contributed by atoms with Gasteiger partial charge in [0.2, 0.25) is 5.91 Å². The molecule has 4 nitrogen and oxygen atoms in total. The van der Waals surface area contributed by atoms with E-state index in [9.17, 15) is 9.59 Å². The van der Waals surface area contributed by atoms with E-state index >= 15 is 0 Å². The maximum absolute atomic E-state index is 12.0. The predicted octanol–water partition coefficient (Wildman–Crippen LogP) is 2.56. The van der Waals surface area contributed by atoms with E-state index in [0.29, 0.717) is 11.3 Å². The van der Waals surface area contributed by atoms with Gasteiger partial charge in [0.05, 0.1) is 0 Å². The van der Waals surface area contributed by atoms with Crippen molar-refractivity contribution in [3.8, 4) is 0 Å². The molecule has 0 saturated heterocycles. The van der Waals surface area contributed by atoms with Crippen LogP contribution in [-0.4, -0.2) is 17.4 Å². The normalized spacial score (nSPS) is 14.9. The van der Waals surface area contributed by atoms with Crippen LogP contribution in [0.3, 0.4) is 0 Å². The van der Waals surface area contributed by atoms with Gasteiger partial charge in [0.1, 0.15) is 0 Å². The van der Waals surface area contributed by atoms with E-state index in [2.05, 4.69) is 10.6 Å². The van der Waals surface area contributed by atoms with E-state index in [4.69, 9.17) is 0 Å². The number of nitrogens with one attached hydrogen (secondary N) is 2. The van der Waals surface area contributed by atoms with E-state index in [1.807, 2.05) is 20.8 Å². The zero-order chi connectivity index (χ0) is 14.0. The molecule has 1 aliphatic carbocycles. The van der Waals surface area contributed by atoms with Gasteiger partial charge in [0, 0.05) is 22.7 Å². The SMILES string of the molecule is CC(C)(C)NC(=O)c1cccc(NC(=O)C2CC2)c1. The molecule has 0 aliphatic heterocycles. The summed E-state index contributed by atoms with van der Waals surface area (Å²) in [4.78, 5) is 23.7. The highest BCUT2D eigenvalue weighted by Crippen LogP contribution is 2.30. The van der Waals surface area contributed by atoms with Gasteiger partial charge in [0.25, 0.3) is 5.91 Å². The molecule has 0 atom stereocenters. The third-order valence-electron chi connectivity index (χ3n) is 2.83. The predicted molar refractivity (Wildman–Crippen MR) is 75.0 cm³/mol. The molecule has 0 unspecified atom stereocenters. The quantitative estimate of drug-likeness (QED) is 0.877. The molecule has 2 rings (SSSR count). The average molecular weight is 260 g/mol. The molecule has 4 heteroatoms. The van der Waals surface area contributed by atoms with Gasteiger partial charge >= 0.3 is 0 Å². The van der Waals surface area contributed by atoms with Crippen LogP contribution in [0.2, 0.25) is 0 Å². The highest BCUT2D eigenvalue weighted by molar-refractivity contribution is 5.98. The second-order valence-electron chi connectivity index (χ2n) is 6.05. The molecular formula is C15H20N2O2. The van der Waals surface area contributed by atoms with Gasteiger partial charge in [-0.25, -0.2) is 0 Å². The molecule has 0 aromatic heterocycles. The van der Waals surface area contributed by atoms with Crippen molar-refractivity contribution in [3.05, 3.63) is 29.8 Å². The number of hydrogen-bond acceptors (Lipinski definition) is 2. The standard InChI is InChI=1S/C15H20N2O2/c1-15(2,3)17-14(19)11-5-4-6-12(9-11)16-13(18)10-7-8-10/h4-6,9-10H,7-8H2,1-3H3,(H,16,18)(H,17,19). The summed E-state index contributed by atoms with van der Waals surface area (Å²) >= 11 is 0. The lowest BCUT2D eigenvalue weighted by Crippen LogP contribution is -2.40. The molecule has 19 heavy (non-hydrogen) atoms. The molecule has 1 saturated carbocycles. The van der Waals surface area contributed by atoms with Gasteiger partial charge < -0.3 is 10.6 Å². The molecule has 2 N–H and O–H groups in total. The van der Waals surface area contributed by atoms with Gasteiger partial charge in [-0.3, -0.25) is 9.59 Å². The van der Waals surface area contributed by atoms with Crippen LogP contribution in [0.1, 0.15) is 44.0 Å². The fourth-order valence-electron chi connectivity index (χ4n) is 1.74. The molecule has 2 amide bonds. The van der Waals surface area contributed by atoms with Crippen molar-refractivity contribution in [2.75, 3.05) is 5.32 Å². The lowest BCUT2D eigenvalue weighted by atomic mass is 10.1. The highest BCUT2D eigenvalue weighted by atomic mass is 16.2. The van der Waals surface area contributed by atoms with E-state index < -0.39 is 0 Å². The van der Waals surface area contributed by atoms with Gasteiger partial charge in [-0.2, -0.15) is 0 Å². The molecular weight excluding hydrogens is 240 g/mol. The first kappa shape index (κ1) is 13.6. The van der Waals surface area contributed by atoms with E-state index in [0.717, 1.165) is 12.8 Å². The second-order valence-corrected chi connectivity index (χ2v) is 6.05. The Morgan fingerprint density at radius 1 is 1.21 bits per heavy atom. The fourth-order valence-corrected chi connectivity index (χ4v) is 1.74. The Bertz CT molecular complexity index is 499.